The smallest absolute Gasteiger partial charge is 0.337 e. The molecule has 0 aliphatic carbocycles. The molecule has 4 rings (SSSR count). The third-order valence-corrected chi connectivity index (χ3v) is 5.16. The fraction of sp³-hybridized carbons (Fsp3) is 0.421. The molecule has 2 aromatic rings. The zero-order valence-corrected chi connectivity index (χ0v) is 16.6. The Hall–Kier alpha value is -2.87. The summed E-state index contributed by atoms with van der Waals surface area (Å²) in [6.07, 6.45) is -2.42. The van der Waals surface area contributed by atoms with E-state index in [0.717, 1.165) is 5.56 Å². The van der Waals surface area contributed by atoms with Crippen LogP contribution in [-0.4, -0.2) is 74.3 Å². The van der Waals surface area contributed by atoms with E-state index in [1.165, 1.54) is 29.4 Å². The number of carbonyl (C=O) groups is 1. The largest absolute Gasteiger partial charge is 0.465 e. The highest BCUT2D eigenvalue weighted by molar-refractivity contribution is 5.89. The summed E-state index contributed by atoms with van der Waals surface area (Å²) in [5, 5.41) is 30.8. The van der Waals surface area contributed by atoms with Gasteiger partial charge < -0.3 is 30.5 Å². The van der Waals surface area contributed by atoms with Crippen LogP contribution >= 0.6 is 0 Å². The molecule has 5 atom stereocenters. The van der Waals surface area contributed by atoms with Gasteiger partial charge in [-0.2, -0.15) is 0 Å². The molecule has 1 aromatic carbocycles. The van der Waals surface area contributed by atoms with Gasteiger partial charge in [0.05, 0.1) is 25.6 Å². The molecule has 12 nitrogen and oxygen atoms in total. The van der Waals surface area contributed by atoms with E-state index in [2.05, 4.69) is 9.98 Å². The van der Waals surface area contributed by atoms with Gasteiger partial charge in [0.1, 0.15) is 37.0 Å². The number of hydrogen-bond acceptors (Lipinski definition) is 11. The number of aliphatic imine (C=N–C) groups is 1. The Morgan fingerprint density at radius 3 is 2.84 bits per heavy atom. The van der Waals surface area contributed by atoms with Crippen LogP contribution in [0.15, 0.2) is 35.6 Å². The van der Waals surface area contributed by atoms with Crippen molar-refractivity contribution >= 4 is 18.1 Å². The maximum atomic E-state index is 11.7. The van der Waals surface area contributed by atoms with Crippen molar-refractivity contribution in [1.82, 2.24) is 14.6 Å². The van der Waals surface area contributed by atoms with E-state index in [1.54, 1.807) is 24.3 Å². The molecule has 0 radical (unpaired) electrons. The van der Waals surface area contributed by atoms with E-state index in [4.69, 9.17) is 20.0 Å². The summed E-state index contributed by atoms with van der Waals surface area (Å²) in [6, 6.07) is 6.80. The Labute approximate surface area is 177 Å². The van der Waals surface area contributed by atoms with E-state index in [-0.39, 0.29) is 6.61 Å². The number of nitrogens with zero attached hydrogens (tertiary/aromatic N) is 4. The number of hydroxylamine groups is 2. The highest BCUT2D eigenvalue weighted by Gasteiger charge is 2.44. The summed E-state index contributed by atoms with van der Waals surface area (Å²) in [4.78, 5) is 25.9. The molecule has 0 amide bonds. The van der Waals surface area contributed by atoms with Gasteiger partial charge >= 0.3 is 5.97 Å². The van der Waals surface area contributed by atoms with Crippen molar-refractivity contribution in [2.75, 3.05) is 13.7 Å². The number of benzene rings is 1. The topological polar surface area (TPSA) is 165 Å². The second-order valence-electron chi connectivity index (χ2n) is 7.10. The van der Waals surface area contributed by atoms with Gasteiger partial charge in [0.15, 0.2) is 18.2 Å². The van der Waals surface area contributed by atoms with E-state index in [9.17, 15) is 20.1 Å². The number of aliphatic hydroxyl groups excluding tert-OH is 3. The van der Waals surface area contributed by atoms with Crippen molar-refractivity contribution < 1.29 is 34.4 Å². The Bertz CT molecular complexity index is 980. The molecule has 1 fully saturated rings. The lowest BCUT2D eigenvalue weighted by molar-refractivity contribution is -0.136. The highest BCUT2D eigenvalue weighted by atomic mass is 16.7. The summed E-state index contributed by atoms with van der Waals surface area (Å²) in [6.45, 7) is -0.317. The number of carbonyl (C=O) groups excluding carboxylic acids is 1. The van der Waals surface area contributed by atoms with Crippen molar-refractivity contribution in [3.8, 4) is 0 Å². The zero-order valence-electron chi connectivity index (χ0n) is 16.6. The molecule has 12 heteroatoms. The quantitative estimate of drug-likeness (QED) is 0.430. The number of fused-ring (bicyclic) bond motifs is 1. The third-order valence-electron chi connectivity index (χ3n) is 5.16. The normalized spacial score (nSPS) is 27.4. The standard InChI is InChI=1S/C19H23N5O7/c1-29-19(28)11-4-2-3-10(5-11)7-30-24-9-22-17-13(16(24)20)21-8-23(17)18-15(27)14(26)12(6-25)31-18/h2-5,8-9,12,14-16,18,25-27H,6-7,20H2,1H3/t12-,14?,15?,16?,18-/m1/s1. The Morgan fingerprint density at radius 1 is 1.32 bits per heavy atom. The summed E-state index contributed by atoms with van der Waals surface area (Å²) in [5.74, 6) is -0.104. The molecule has 5 N–H and O–H groups in total. The molecule has 1 aromatic heterocycles. The molecule has 2 aliphatic rings. The predicted molar refractivity (Wildman–Crippen MR) is 105 cm³/mol. The summed E-state index contributed by atoms with van der Waals surface area (Å²) in [7, 11) is 1.31. The van der Waals surface area contributed by atoms with E-state index < -0.39 is 43.3 Å². The minimum absolute atomic E-state index is 0.120. The molecule has 2 aliphatic heterocycles. The van der Waals surface area contributed by atoms with Crippen molar-refractivity contribution in [2.24, 2.45) is 10.7 Å². The Morgan fingerprint density at radius 2 is 2.13 bits per heavy atom. The number of aromatic nitrogens is 2. The first-order valence-electron chi connectivity index (χ1n) is 9.52. The molecule has 0 spiro atoms. The first kappa shape index (κ1) is 21.4. The van der Waals surface area contributed by atoms with Crippen LogP contribution in [0.25, 0.3) is 0 Å². The number of hydrogen-bond donors (Lipinski definition) is 4. The molecule has 0 saturated carbocycles. The number of nitrogens with two attached hydrogens (primary N) is 1. The molecule has 166 valence electrons. The van der Waals surface area contributed by atoms with Crippen LogP contribution in [0.5, 0.6) is 0 Å². The van der Waals surface area contributed by atoms with E-state index >= 15 is 0 Å². The van der Waals surface area contributed by atoms with Crippen LogP contribution in [0.2, 0.25) is 0 Å². The fourth-order valence-electron chi connectivity index (χ4n) is 3.48. The number of methoxy groups -OCH3 is 1. The maximum Gasteiger partial charge on any atom is 0.337 e. The summed E-state index contributed by atoms with van der Waals surface area (Å²) in [5.41, 5.74) is 7.76. The number of rotatable bonds is 6. The first-order chi connectivity index (χ1) is 14.9. The average molecular weight is 433 g/mol. The number of imidazole rings is 1. The minimum atomic E-state index is -1.27. The van der Waals surface area contributed by atoms with Gasteiger partial charge in [0.2, 0.25) is 0 Å². The molecule has 1 saturated heterocycles. The lowest BCUT2D eigenvalue weighted by Gasteiger charge is -2.28. The third kappa shape index (κ3) is 3.92. The van der Waals surface area contributed by atoms with Crippen molar-refractivity contribution in [3.05, 3.63) is 47.4 Å². The molecular formula is C19H23N5O7. The van der Waals surface area contributed by atoms with Gasteiger partial charge in [-0.25, -0.2) is 19.8 Å². The van der Waals surface area contributed by atoms with Gasteiger partial charge in [-0.3, -0.25) is 9.40 Å². The number of ether oxygens (including phenoxy) is 2. The van der Waals surface area contributed by atoms with Gasteiger partial charge in [0.25, 0.3) is 0 Å². The lowest BCUT2D eigenvalue weighted by Crippen LogP contribution is -2.36. The van der Waals surface area contributed by atoms with Crippen molar-refractivity contribution in [2.45, 2.75) is 37.3 Å². The lowest BCUT2D eigenvalue weighted by atomic mass is 10.1. The Balaban J connectivity index is 1.47. The molecule has 3 heterocycles. The second-order valence-corrected chi connectivity index (χ2v) is 7.10. The van der Waals surface area contributed by atoms with Crippen LogP contribution in [0.1, 0.15) is 34.0 Å². The monoisotopic (exact) mass is 433 g/mol. The predicted octanol–water partition coefficient (Wildman–Crippen LogP) is -0.654. The molecule has 3 unspecified atom stereocenters. The fourth-order valence-corrected chi connectivity index (χ4v) is 3.48. The van der Waals surface area contributed by atoms with Crippen LogP contribution in [0, 0.1) is 0 Å². The van der Waals surface area contributed by atoms with Crippen molar-refractivity contribution in [3.63, 3.8) is 0 Å². The van der Waals surface area contributed by atoms with Crippen LogP contribution < -0.4 is 5.73 Å². The molecule has 0 bridgehead atoms. The van der Waals surface area contributed by atoms with Gasteiger partial charge in [-0.15, -0.1) is 0 Å². The van der Waals surface area contributed by atoms with Gasteiger partial charge in [-0.1, -0.05) is 12.1 Å². The molecule has 31 heavy (non-hydrogen) atoms. The maximum absolute atomic E-state index is 11.7. The van der Waals surface area contributed by atoms with Gasteiger partial charge in [-0.05, 0) is 17.7 Å². The Kier molecular flexibility index (Phi) is 6.00. The van der Waals surface area contributed by atoms with Crippen molar-refractivity contribution in [1.29, 1.82) is 0 Å². The van der Waals surface area contributed by atoms with E-state index in [0.29, 0.717) is 17.1 Å². The number of aliphatic hydroxyl groups is 3. The summed E-state index contributed by atoms with van der Waals surface area (Å²) >= 11 is 0. The highest BCUT2D eigenvalue weighted by Crippen LogP contribution is 2.37. The van der Waals surface area contributed by atoms with Crippen LogP contribution in [-0.2, 0) is 20.9 Å². The zero-order chi connectivity index (χ0) is 22.1. The van der Waals surface area contributed by atoms with E-state index in [1.807, 2.05) is 0 Å². The number of esters is 1. The second kappa shape index (κ2) is 8.70. The van der Waals surface area contributed by atoms with Gasteiger partial charge in [0, 0.05) is 0 Å². The van der Waals surface area contributed by atoms with Crippen LogP contribution in [0.4, 0.5) is 5.82 Å². The van der Waals surface area contributed by atoms with Crippen LogP contribution in [0.3, 0.4) is 0 Å². The average Bonchev–Trinajstić information content (AvgIpc) is 3.34. The minimum Gasteiger partial charge on any atom is -0.465 e. The molecular weight excluding hydrogens is 410 g/mol. The first-order valence-corrected chi connectivity index (χ1v) is 9.52. The SMILES string of the molecule is COC(=O)c1cccc(CON2C=Nc3c(ncn3[C@@H]3O[C@H](CO)C(O)C3O)C2N)c1. The summed E-state index contributed by atoms with van der Waals surface area (Å²) < 4.78 is 11.7.